The van der Waals surface area contributed by atoms with Gasteiger partial charge < -0.3 is 14.8 Å². The van der Waals surface area contributed by atoms with Crippen LogP contribution >= 0.6 is 11.6 Å². The van der Waals surface area contributed by atoms with Crippen LogP contribution in [0.25, 0.3) is 0 Å². The molecule has 1 aromatic carbocycles. The highest BCUT2D eigenvalue weighted by Crippen LogP contribution is 2.36. The number of hydrogen-bond donors (Lipinski definition) is 1. The van der Waals surface area contributed by atoms with Gasteiger partial charge in [0.25, 0.3) is 5.91 Å². The second kappa shape index (κ2) is 9.20. The number of esters is 1. The molecule has 13 heteroatoms. The van der Waals surface area contributed by atoms with Crippen molar-refractivity contribution in [2.75, 3.05) is 18.5 Å². The number of carbonyl (C=O) groups excluding carboxylic acids is 2. The maximum atomic E-state index is 13.0. The monoisotopic (exact) mass is 456 g/mol. The Morgan fingerprint density at radius 3 is 2.33 bits per heavy atom. The quantitative estimate of drug-likeness (QED) is 0.512. The first-order valence-corrected chi connectivity index (χ1v) is 8.22. The largest absolute Gasteiger partial charge is 0.468 e. The van der Waals surface area contributed by atoms with Crippen LogP contribution in [0.4, 0.5) is 32.0 Å². The number of anilines is 1. The topological polar surface area (TPSA) is 77.5 Å². The van der Waals surface area contributed by atoms with E-state index in [-0.39, 0.29) is 10.6 Å². The maximum absolute atomic E-state index is 13.0. The van der Waals surface area contributed by atoms with Crippen molar-refractivity contribution < 1.29 is 45.4 Å². The summed E-state index contributed by atoms with van der Waals surface area (Å²) in [5, 5.41) is 1.76. The minimum Gasteiger partial charge on any atom is -0.468 e. The molecule has 0 saturated heterocycles. The van der Waals surface area contributed by atoms with Crippen LogP contribution in [0.3, 0.4) is 0 Å². The first kappa shape index (κ1) is 23.3. The molecule has 0 spiro atoms. The molecular formula is C17H11ClF6N2O4. The van der Waals surface area contributed by atoms with Gasteiger partial charge in [-0.3, -0.25) is 4.79 Å². The van der Waals surface area contributed by atoms with E-state index in [2.05, 4.69) is 14.5 Å². The third kappa shape index (κ3) is 7.10. The van der Waals surface area contributed by atoms with Crippen LogP contribution < -0.4 is 10.1 Å². The molecule has 1 heterocycles. The Kier molecular flexibility index (Phi) is 7.13. The second-order valence-electron chi connectivity index (χ2n) is 5.60. The minimum absolute atomic E-state index is 0.193. The van der Waals surface area contributed by atoms with Crippen molar-refractivity contribution >= 4 is 29.2 Å². The third-order valence-corrected chi connectivity index (χ3v) is 3.49. The Labute approximate surface area is 169 Å². The van der Waals surface area contributed by atoms with Crippen LogP contribution in [-0.4, -0.2) is 36.3 Å². The lowest BCUT2D eigenvalue weighted by Crippen LogP contribution is -2.23. The van der Waals surface area contributed by atoms with Crippen molar-refractivity contribution in [3.8, 4) is 5.88 Å². The van der Waals surface area contributed by atoms with Crippen molar-refractivity contribution in [3.63, 3.8) is 0 Å². The van der Waals surface area contributed by atoms with Crippen molar-refractivity contribution in [2.24, 2.45) is 0 Å². The molecule has 1 aromatic heterocycles. The van der Waals surface area contributed by atoms with Gasteiger partial charge in [-0.1, -0.05) is 11.6 Å². The van der Waals surface area contributed by atoms with Crippen LogP contribution in [-0.2, 0) is 15.7 Å². The van der Waals surface area contributed by atoms with Gasteiger partial charge in [0.15, 0.2) is 13.2 Å². The molecule has 2 aromatic rings. The van der Waals surface area contributed by atoms with Gasteiger partial charge in [0.1, 0.15) is 0 Å². The number of ether oxygens (including phenoxy) is 2. The van der Waals surface area contributed by atoms with E-state index in [4.69, 9.17) is 11.6 Å². The molecule has 1 N–H and O–H groups in total. The number of pyridine rings is 1. The number of aromatic nitrogens is 1. The Morgan fingerprint density at radius 1 is 1.07 bits per heavy atom. The lowest BCUT2D eigenvalue weighted by molar-refractivity contribution is -0.154. The molecular weight excluding hydrogens is 446 g/mol. The molecule has 0 radical (unpaired) electrons. The van der Waals surface area contributed by atoms with E-state index in [1.807, 2.05) is 5.32 Å². The maximum Gasteiger partial charge on any atom is 0.422 e. The molecule has 0 fully saturated rings. The number of nitrogens with one attached hydrogen (secondary N) is 1. The van der Waals surface area contributed by atoms with Crippen LogP contribution in [0.5, 0.6) is 5.88 Å². The van der Waals surface area contributed by atoms with E-state index < -0.39 is 54.6 Å². The summed E-state index contributed by atoms with van der Waals surface area (Å²) in [5.74, 6) is -2.54. The van der Waals surface area contributed by atoms with E-state index in [1.165, 1.54) is 0 Å². The normalized spacial score (nSPS) is 11.7. The van der Waals surface area contributed by atoms with E-state index in [1.54, 1.807) is 0 Å². The molecule has 0 unspecified atom stereocenters. The van der Waals surface area contributed by atoms with Gasteiger partial charge in [0.05, 0.1) is 16.8 Å². The molecule has 6 nitrogen and oxygen atoms in total. The van der Waals surface area contributed by atoms with E-state index in [0.29, 0.717) is 6.07 Å². The number of hydrogen-bond acceptors (Lipinski definition) is 5. The number of benzene rings is 1. The molecule has 0 atom stereocenters. The summed E-state index contributed by atoms with van der Waals surface area (Å²) in [6.07, 6.45) is -8.50. The number of rotatable bonds is 6. The first-order chi connectivity index (χ1) is 13.8. The summed E-state index contributed by atoms with van der Waals surface area (Å²) >= 11 is 5.53. The average Bonchev–Trinajstić information content (AvgIpc) is 2.65. The van der Waals surface area contributed by atoms with Gasteiger partial charge >= 0.3 is 18.3 Å². The summed E-state index contributed by atoms with van der Waals surface area (Å²) in [7, 11) is 0. The van der Waals surface area contributed by atoms with Crippen molar-refractivity contribution in [1.82, 2.24) is 4.98 Å². The van der Waals surface area contributed by atoms with E-state index in [0.717, 1.165) is 30.5 Å². The Bertz CT molecular complexity index is 916. The third-order valence-electron chi connectivity index (χ3n) is 3.25. The van der Waals surface area contributed by atoms with Gasteiger partial charge in [-0.15, -0.1) is 0 Å². The first-order valence-electron chi connectivity index (χ1n) is 7.84. The van der Waals surface area contributed by atoms with Crippen LogP contribution in [0.1, 0.15) is 15.9 Å². The zero-order chi connectivity index (χ0) is 22.5. The van der Waals surface area contributed by atoms with Crippen LogP contribution in [0, 0.1) is 0 Å². The highest BCUT2D eigenvalue weighted by molar-refractivity contribution is 6.30. The molecule has 0 saturated carbocycles. The van der Waals surface area contributed by atoms with Crippen molar-refractivity contribution in [1.29, 1.82) is 0 Å². The lowest BCUT2D eigenvalue weighted by atomic mass is 10.1. The summed E-state index contributed by atoms with van der Waals surface area (Å²) < 4.78 is 84.2. The number of nitrogens with zero attached hydrogens (tertiary/aromatic N) is 1. The fourth-order valence-corrected chi connectivity index (χ4v) is 2.18. The lowest BCUT2D eigenvalue weighted by Gasteiger charge is -2.14. The molecule has 30 heavy (non-hydrogen) atoms. The molecule has 0 bridgehead atoms. The number of alkyl halides is 6. The summed E-state index contributed by atoms with van der Waals surface area (Å²) in [6.45, 7) is -2.50. The fraction of sp³-hybridized carbons (Fsp3) is 0.235. The second-order valence-corrected chi connectivity index (χ2v) is 6.04. The molecule has 0 aliphatic carbocycles. The van der Waals surface area contributed by atoms with Crippen LogP contribution in [0.2, 0.25) is 5.02 Å². The predicted molar refractivity (Wildman–Crippen MR) is 91.2 cm³/mol. The highest BCUT2D eigenvalue weighted by Gasteiger charge is 2.34. The number of halogens is 7. The van der Waals surface area contributed by atoms with Gasteiger partial charge in [0, 0.05) is 17.3 Å². The van der Waals surface area contributed by atoms with Gasteiger partial charge in [0.2, 0.25) is 5.88 Å². The zero-order valence-electron chi connectivity index (χ0n) is 14.6. The number of amides is 1. The Hall–Kier alpha value is -3.02. The van der Waals surface area contributed by atoms with Crippen molar-refractivity contribution in [2.45, 2.75) is 12.4 Å². The molecule has 0 aliphatic rings. The average molecular weight is 457 g/mol. The molecule has 1 amide bonds. The molecule has 162 valence electrons. The van der Waals surface area contributed by atoms with Gasteiger partial charge in [-0.05, 0) is 24.3 Å². The minimum atomic E-state index is -4.79. The highest BCUT2D eigenvalue weighted by atomic mass is 35.5. The molecule has 2 rings (SSSR count). The smallest absolute Gasteiger partial charge is 0.422 e. The number of carbonyl (C=O) groups is 2. The van der Waals surface area contributed by atoms with Gasteiger partial charge in [-0.2, -0.15) is 26.3 Å². The predicted octanol–water partition coefficient (Wildman–Crippen LogP) is 4.49. The molecule has 0 aliphatic heterocycles. The zero-order valence-corrected chi connectivity index (χ0v) is 15.4. The van der Waals surface area contributed by atoms with Gasteiger partial charge in [-0.25, -0.2) is 9.78 Å². The summed E-state index contributed by atoms with van der Waals surface area (Å²) in [6, 6.07) is 4.71. The SMILES string of the molecule is O=C(COC(=O)c1ccc(OCC(F)(F)F)nc1)Nc1ccc(Cl)cc1C(F)(F)F. The van der Waals surface area contributed by atoms with Crippen molar-refractivity contribution in [3.05, 3.63) is 52.7 Å². The standard InChI is InChI=1S/C17H11ClF6N2O4/c18-10-2-3-12(11(5-10)17(22,23)24)26-13(27)7-29-15(28)9-1-4-14(25-6-9)30-8-16(19,20)21/h1-6H,7-8H2,(H,26,27). The summed E-state index contributed by atoms with van der Waals surface area (Å²) in [4.78, 5) is 27.1. The van der Waals surface area contributed by atoms with Crippen LogP contribution in [0.15, 0.2) is 36.5 Å². The van der Waals surface area contributed by atoms with E-state index >= 15 is 0 Å². The summed E-state index contributed by atoms with van der Waals surface area (Å²) in [5.41, 5.74) is -1.99. The Balaban J connectivity index is 1.93. The van der Waals surface area contributed by atoms with E-state index in [9.17, 15) is 35.9 Å². The Morgan fingerprint density at radius 2 is 1.77 bits per heavy atom. The fourth-order valence-electron chi connectivity index (χ4n) is 2.00.